The van der Waals surface area contributed by atoms with Gasteiger partial charge in [-0.2, -0.15) is 5.10 Å². The van der Waals surface area contributed by atoms with E-state index in [1.165, 1.54) is 0 Å². The number of nitrogens with zero attached hydrogens (tertiary/aromatic N) is 5. The predicted molar refractivity (Wildman–Crippen MR) is 80.3 cm³/mol. The second kappa shape index (κ2) is 5.41. The van der Waals surface area contributed by atoms with E-state index in [1.54, 1.807) is 40.1 Å². The summed E-state index contributed by atoms with van der Waals surface area (Å²) in [6, 6.07) is 1.94. The van der Waals surface area contributed by atoms with Crippen molar-refractivity contribution in [1.29, 1.82) is 0 Å². The second-order valence-corrected chi connectivity index (χ2v) is 6.20. The molecule has 0 bridgehead atoms. The van der Waals surface area contributed by atoms with Crippen LogP contribution in [-0.4, -0.2) is 35.9 Å². The molecule has 3 rings (SSSR count). The molecule has 0 unspecified atom stereocenters. The van der Waals surface area contributed by atoms with Gasteiger partial charge in [0.25, 0.3) is 0 Å². The van der Waals surface area contributed by atoms with Gasteiger partial charge in [0.05, 0.1) is 12.7 Å². The molecule has 21 heavy (non-hydrogen) atoms. The number of rotatable bonds is 4. The van der Waals surface area contributed by atoms with Gasteiger partial charge in [-0.25, -0.2) is 9.48 Å². The number of carboxylic acids is 1. The Morgan fingerprint density at radius 2 is 2.33 bits per heavy atom. The van der Waals surface area contributed by atoms with Gasteiger partial charge in [0, 0.05) is 28.2 Å². The Bertz CT molecular complexity index is 806. The Labute approximate surface area is 132 Å². The third kappa shape index (κ3) is 2.61. The number of aromatic carboxylic acids is 1. The first-order chi connectivity index (χ1) is 10.1. The molecule has 0 saturated carbocycles. The molecule has 0 saturated heterocycles. The zero-order valence-electron chi connectivity index (χ0n) is 10.9. The number of hydrogen-bond donors (Lipinski definition) is 1. The van der Waals surface area contributed by atoms with Gasteiger partial charge < -0.3 is 5.11 Å². The van der Waals surface area contributed by atoms with Crippen LogP contribution in [0.4, 0.5) is 0 Å². The molecule has 0 amide bonds. The number of thiophene rings is 1. The monoisotopic (exact) mass is 367 g/mol. The summed E-state index contributed by atoms with van der Waals surface area (Å²) in [6.07, 6.45) is 3.34. The summed E-state index contributed by atoms with van der Waals surface area (Å²) in [5.74, 6) is -1.11. The van der Waals surface area contributed by atoms with E-state index >= 15 is 0 Å². The van der Waals surface area contributed by atoms with Crippen molar-refractivity contribution < 1.29 is 9.90 Å². The molecular formula is C12H10BrN5O2S. The van der Waals surface area contributed by atoms with Gasteiger partial charge >= 0.3 is 5.97 Å². The first-order valence-corrected chi connectivity index (χ1v) is 7.61. The van der Waals surface area contributed by atoms with E-state index in [0.29, 0.717) is 17.8 Å². The Balaban J connectivity index is 2.09. The van der Waals surface area contributed by atoms with Crippen LogP contribution in [0.5, 0.6) is 0 Å². The predicted octanol–water partition coefficient (Wildman–Crippen LogP) is 2.25. The van der Waals surface area contributed by atoms with Crippen molar-refractivity contribution in [3.05, 3.63) is 38.9 Å². The molecule has 0 spiro atoms. The number of aromatic nitrogens is 5. The Kier molecular flexibility index (Phi) is 3.60. The van der Waals surface area contributed by atoms with Gasteiger partial charge in [-0.15, -0.1) is 16.4 Å². The van der Waals surface area contributed by atoms with E-state index in [1.807, 2.05) is 11.4 Å². The second-order valence-electron chi connectivity index (χ2n) is 4.34. The fourth-order valence-electron chi connectivity index (χ4n) is 1.97. The molecule has 0 atom stereocenters. The quantitative estimate of drug-likeness (QED) is 0.764. The number of carbonyl (C=O) groups is 1. The minimum atomic E-state index is -1.11. The number of halogens is 1. The topological polar surface area (TPSA) is 85.8 Å². The van der Waals surface area contributed by atoms with Crippen molar-refractivity contribution in [3.8, 4) is 11.3 Å². The first-order valence-electron chi connectivity index (χ1n) is 5.94. The molecule has 3 heterocycles. The lowest BCUT2D eigenvalue weighted by atomic mass is 10.2. The van der Waals surface area contributed by atoms with Gasteiger partial charge in [-0.1, -0.05) is 5.21 Å². The van der Waals surface area contributed by atoms with Gasteiger partial charge in [-0.05, 0) is 27.4 Å². The molecule has 0 aliphatic heterocycles. The molecule has 0 fully saturated rings. The molecule has 3 aromatic rings. The van der Waals surface area contributed by atoms with Crippen LogP contribution in [0, 0.1) is 0 Å². The van der Waals surface area contributed by atoms with Crippen molar-refractivity contribution in [2.24, 2.45) is 7.05 Å². The van der Waals surface area contributed by atoms with E-state index in [4.69, 9.17) is 0 Å². The molecular weight excluding hydrogens is 358 g/mol. The van der Waals surface area contributed by atoms with Crippen LogP contribution < -0.4 is 0 Å². The maximum Gasteiger partial charge on any atom is 0.358 e. The van der Waals surface area contributed by atoms with Crippen LogP contribution >= 0.6 is 27.3 Å². The molecule has 0 radical (unpaired) electrons. The zero-order chi connectivity index (χ0) is 15.0. The summed E-state index contributed by atoms with van der Waals surface area (Å²) >= 11 is 5.03. The lowest BCUT2D eigenvalue weighted by Gasteiger charge is -2.04. The number of carboxylic acid groups (broad SMARTS) is 1. The molecule has 108 valence electrons. The zero-order valence-corrected chi connectivity index (χ0v) is 13.3. The lowest BCUT2D eigenvalue weighted by molar-refractivity contribution is 0.0691. The minimum absolute atomic E-state index is 0.0734. The van der Waals surface area contributed by atoms with E-state index in [-0.39, 0.29) is 5.69 Å². The molecule has 0 aliphatic rings. The van der Waals surface area contributed by atoms with Gasteiger partial charge in [0.15, 0.2) is 5.69 Å². The van der Waals surface area contributed by atoms with Crippen molar-refractivity contribution in [3.63, 3.8) is 0 Å². The van der Waals surface area contributed by atoms with Crippen LogP contribution in [0.25, 0.3) is 11.3 Å². The standard InChI is InChI=1S/C12H10BrN5O2S/c1-17-5-7(4-14-17)11-10(12(19)20)15-16-18(11)6-9-8(13)2-3-21-9/h2-5H,6H2,1H3,(H,19,20). The maximum atomic E-state index is 11.3. The average molecular weight is 368 g/mol. The van der Waals surface area contributed by atoms with E-state index in [2.05, 4.69) is 31.3 Å². The largest absolute Gasteiger partial charge is 0.476 e. The summed E-state index contributed by atoms with van der Waals surface area (Å²) < 4.78 is 4.16. The Morgan fingerprint density at radius 1 is 1.52 bits per heavy atom. The molecule has 3 aromatic heterocycles. The van der Waals surface area contributed by atoms with Crippen LogP contribution in [0.15, 0.2) is 28.3 Å². The van der Waals surface area contributed by atoms with Gasteiger partial charge in [-0.3, -0.25) is 4.68 Å². The summed E-state index contributed by atoms with van der Waals surface area (Å²) in [4.78, 5) is 12.4. The van der Waals surface area contributed by atoms with Crippen molar-refractivity contribution in [1.82, 2.24) is 24.8 Å². The fourth-order valence-corrected chi connectivity index (χ4v) is 3.43. The smallest absolute Gasteiger partial charge is 0.358 e. The highest BCUT2D eigenvalue weighted by molar-refractivity contribution is 9.10. The number of aryl methyl sites for hydroxylation is 1. The molecule has 0 aromatic carbocycles. The summed E-state index contributed by atoms with van der Waals surface area (Å²) in [7, 11) is 1.77. The molecule has 7 nitrogen and oxygen atoms in total. The highest BCUT2D eigenvalue weighted by Gasteiger charge is 2.22. The highest BCUT2D eigenvalue weighted by atomic mass is 79.9. The van der Waals surface area contributed by atoms with E-state index in [0.717, 1.165) is 9.35 Å². The van der Waals surface area contributed by atoms with E-state index in [9.17, 15) is 9.90 Å². The van der Waals surface area contributed by atoms with Crippen LogP contribution in [0.2, 0.25) is 0 Å². The normalized spacial score (nSPS) is 11.0. The van der Waals surface area contributed by atoms with Crippen molar-refractivity contribution in [2.75, 3.05) is 0 Å². The van der Waals surface area contributed by atoms with Crippen molar-refractivity contribution >= 4 is 33.2 Å². The van der Waals surface area contributed by atoms with Crippen LogP contribution in [0.1, 0.15) is 15.4 Å². The molecule has 9 heteroatoms. The first kappa shape index (κ1) is 14.0. The minimum Gasteiger partial charge on any atom is -0.476 e. The third-order valence-corrected chi connectivity index (χ3v) is 4.81. The van der Waals surface area contributed by atoms with Gasteiger partial charge in [0.2, 0.25) is 0 Å². The fraction of sp³-hybridized carbons (Fsp3) is 0.167. The maximum absolute atomic E-state index is 11.3. The molecule has 0 aliphatic carbocycles. The summed E-state index contributed by atoms with van der Waals surface area (Å²) in [5, 5.41) is 23.1. The third-order valence-electron chi connectivity index (χ3n) is 2.90. The average Bonchev–Trinajstić information content (AvgIpc) is 3.11. The SMILES string of the molecule is Cn1cc(-c2c(C(=O)O)nnn2Cc2sccc2Br)cn1. The highest BCUT2D eigenvalue weighted by Crippen LogP contribution is 2.27. The number of hydrogen-bond acceptors (Lipinski definition) is 5. The summed E-state index contributed by atoms with van der Waals surface area (Å²) in [5.41, 5.74) is 1.05. The van der Waals surface area contributed by atoms with Crippen LogP contribution in [-0.2, 0) is 13.6 Å². The Hall–Kier alpha value is -2.00. The van der Waals surface area contributed by atoms with E-state index < -0.39 is 5.97 Å². The van der Waals surface area contributed by atoms with Gasteiger partial charge in [0.1, 0.15) is 5.69 Å². The van der Waals surface area contributed by atoms with Crippen LogP contribution in [0.3, 0.4) is 0 Å². The molecule has 1 N–H and O–H groups in total. The van der Waals surface area contributed by atoms with Crippen molar-refractivity contribution in [2.45, 2.75) is 6.54 Å². The lowest BCUT2D eigenvalue weighted by Crippen LogP contribution is -2.05. The Morgan fingerprint density at radius 3 is 2.90 bits per heavy atom. The summed E-state index contributed by atoms with van der Waals surface area (Å²) in [6.45, 7) is 0.447.